The van der Waals surface area contributed by atoms with Gasteiger partial charge in [-0.05, 0) is 35.2 Å². The number of rotatable bonds is 4. The zero-order valence-corrected chi connectivity index (χ0v) is 13.5. The van der Waals surface area contributed by atoms with Crippen LogP contribution < -0.4 is 10.4 Å². The maximum atomic E-state index is 12.1. The van der Waals surface area contributed by atoms with E-state index in [1.807, 2.05) is 72.8 Å². The molecule has 0 amide bonds. The van der Waals surface area contributed by atoms with Gasteiger partial charge in [-0.15, -0.1) is 0 Å². The van der Waals surface area contributed by atoms with Crippen LogP contribution in [0.4, 0.5) is 0 Å². The van der Waals surface area contributed by atoms with E-state index in [4.69, 9.17) is 9.15 Å². The molecule has 3 aromatic carbocycles. The van der Waals surface area contributed by atoms with Crippen molar-refractivity contribution in [2.75, 3.05) is 6.61 Å². The first-order valence-corrected chi connectivity index (χ1v) is 8.11. The number of benzene rings is 3. The molecule has 4 rings (SSSR count). The van der Waals surface area contributed by atoms with Crippen LogP contribution in [-0.2, 0) is 0 Å². The minimum absolute atomic E-state index is 0.329. The molecule has 4 aromatic rings. The number of fused-ring (bicyclic) bond motifs is 3. The van der Waals surface area contributed by atoms with Gasteiger partial charge in [0.15, 0.2) is 0 Å². The monoisotopic (exact) mass is 328 g/mol. The number of hydrogen-bond acceptors (Lipinski definition) is 3. The van der Waals surface area contributed by atoms with E-state index < -0.39 is 0 Å². The average molecular weight is 328 g/mol. The molecule has 0 saturated heterocycles. The molecule has 25 heavy (non-hydrogen) atoms. The van der Waals surface area contributed by atoms with Crippen LogP contribution in [0.3, 0.4) is 0 Å². The minimum atomic E-state index is -0.329. The van der Waals surface area contributed by atoms with Crippen molar-refractivity contribution in [3.05, 3.63) is 94.9 Å². The molecule has 0 aliphatic heterocycles. The van der Waals surface area contributed by atoms with Gasteiger partial charge in [-0.2, -0.15) is 0 Å². The molecule has 0 saturated carbocycles. The second kappa shape index (κ2) is 6.65. The predicted octanol–water partition coefficient (Wildman–Crippen LogP) is 5.04. The van der Waals surface area contributed by atoms with Gasteiger partial charge >= 0.3 is 5.63 Å². The Morgan fingerprint density at radius 2 is 1.60 bits per heavy atom. The van der Waals surface area contributed by atoms with Crippen molar-refractivity contribution in [1.29, 1.82) is 0 Å². The summed E-state index contributed by atoms with van der Waals surface area (Å²) in [5, 5.41) is 2.39. The highest BCUT2D eigenvalue weighted by Crippen LogP contribution is 2.26. The van der Waals surface area contributed by atoms with Gasteiger partial charge in [-0.1, -0.05) is 54.6 Å². The van der Waals surface area contributed by atoms with Gasteiger partial charge in [0.25, 0.3) is 0 Å². The second-order valence-electron chi connectivity index (χ2n) is 5.72. The predicted molar refractivity (Wildman–Crippen MR) is 101 cm³/mol. The zero-order chi connectivity index (χ0) is 17.1. The molecule has 0 fully saturated rings. The van der Waals surface area contributed by atoms with E-state index in [-0.39, 0.29) is 5.63 Å². The molecule has 0 bridgehead atoms. The molecule has 0 aliphatic carbocycles. The highest BCUT2D eigenvalue weighted by Gasteiger charge is 2.07. The molecule has 122 valence electrons. The molecular formula is C22H16O3. The largest absolute Gasteiger partial charge is 0.489 e. The van der Waals surface area contributed by atoms with E-state index in [2.05, 4.69) is 0 Å². The van der Waals surface area contributed by atoms with Gasteiger partial charge in [-0.25, -0.2) is 4.79 Å². The van der Waals surface area contributed by atoms with Crippen LogP contribution >= 0.6 is 0 Å². The van der Waals surface area contributed by atoms with Gasteiger partial charge in [0, 0.05) is 11.5 Å². The van der Waals surface area contributed by atoms with Crippen molar-refractivity contribution < 1.29 is 9.15 Å². The highest BCUT2D eigenvalue weighted by atomic mass is 16.5. The Bertz CT molecular complexity index is 1110. The molecular weight excluding hydrogens is 312 g/mol. The lowest BCUT2D eigenvalue weighted by Gasteiger charge is -2.06. The first-order chi connectivity index (χ1) is 12.3. The first kappa shape index (κ1) is 15.2. The lowest BCUT2D eigenvalue weighted by atomic mass is 10.1. The molecule has 0 unspecified atom stereocenters. The van der Waals surface area contributed by atoms with Crippen molar-refractivity contribution in [2.45, 2.75) is 0 Å². The maximum Gasteiger partial charge on any atom is 0.344 e. The summed E-state index contributed by atoms with van der Waals surface area (Å²) < 4.78 is 11.2. The zero-order valence-electron chi connectivity index (χ0n) is 13.5. The van der Waals surface area contributed by atoms with Crippen LogP contribution in [0.5, 0.6) is 5.75 Å². The fourth-order valence-corrected chi connectivity index (χ4v) is 2.84. The lowest BCUT2D eigenvalue weighted by molar-refractivity contribution is 0.363. The molecule has 3 heteroatoms. The molecule has 0 spiro atoms. The average Bonchev–Trinajstić information content (AvgIpc) is 2.66. The van der Waals surface area contributed by atoms with Gasteiger partial charge in [0.05, 0.1) is 5.39 Å². The third kappa shape index (κ3) is 3.17. The van der Waals surface area contributed by atoms with Gasteiger partial charge in [-0.3, -0.25) is 0 Å². The van der Waals surface area contributed by atoms with E-state index in [0.29, 0.717) is 23.3 Å². The first-order valence-electron chi connectivity index (χ1n) is 8.11. The smallest absolute Gasteiger partial charge is 0.344 e. The molecule has 0 atom stereocenters. The van der Waals surface area contributed by atoms with Crippen molar-refractivity contribution in [2.24, 2.45) is 0 Å². The SMILES string of the molecule is O=c1oc2cc(OC/C=C/c3ccccc3)ccc2c2ccccc12. The third-order valence-electron chi connectivity index (χ3n) is 4.05. The molecule has 1 aromatic heterocycles. The van der Waals surface area contributed by atoms with E-state index in [1.54, 1.807) is 12.1 Å². The Balaban J connectivity index is 1.58. The highest BCUT2D eigenvalue weighted by molar-refractivity contribution is 6.04. The Kier molecular flexibility index (Phi) is 4.05. The fraction of sp³-hybridized carbons (Fsp3) is 0.0455. The van der Waals surface area contributed by atoms with Crippen molar-refractivity contribution >= 4 is 27.8 Å². The fourth-order valence-electron chi connectivity index (χ4n) is 2.84. The van der Waals surface area contributed by atoms with Crippen LogP contribution in [0.2, 0.25) is 0 Å². The second-order valence-corrected chi connectivity index (χ2v) is 5.72. The van der Waals surface area contributed by atoms with E-state index in [0.717, 1.165) is 16.3 Å². The summed E-state index contributed by atoms with van der Waals surface area (Å²) in [6.07, 6.45) is 3.96. The Hall–Kier alpha value is -3.33. The maximum absolute atomic E-state index is 12.1. The summed E-state index contributed by atoms with van der Waals surface area (Å²) in [4.78, 5) is 12.1. The Labute approximate surface area is 144 Å². The minimum Gasteiger partial charge on any atom is -0.489 e. The molecule has 0 N–H and O–H groups in total. The topological polar surface area (TPSA) is 39.4 Å². The van der Waals surface area contributed by atoms with Crippen LogP contribution in [0, 0.1) is 0 Å². The van der Waals surface area contributed by atoms with Crippen LogP contribution in [0.15, 0.2) is 88.1 Å². The summed E-state index contributed by atoms with van der Waals surface area (Å²) in [6.45, 7) is 0.443. The number of ether oxygens (including phenoxy) is 1. The van der Waals surface area contributed by atoms with Crippen LogP contribution in [0.25, 0.3) is 27.8 Å². The summed E-state index contributed by atoms with van der Waals surface area (Å²) in [7, 11) is 0. The van der Waals surface area contributed by atoms with E-state index in [9.17, 15) is 4.79 Å². The molecule has 3 nitrogen and oxygen atoms in total. The van der Waals surface area contributed by atoms with Gasteiger partial charge in [0.1, 0.15) is 17.9 Å². The van der Waals surface area contributed by atoms with E-state index in [1.165, 1.54) is 0 Å². The number of hydrogen-bond donors (Lipinski definition) is 0. The summed E-state index contributed by atoms with van der Waals surface area (Å²) in [5.74, 6) is 0.670. The van der Waals surface area contributed by atoms with Crippen molar-refractivity contribution in [3.63, 3.8) is 0 Å². The Morgan fingerprint density at radius 1 is 0.840 bits per heavy atom. The van der Waals surface area contributed by atoms with Gasteiger partial charge < -0.3 is 9.15 Å². The van der Waals surface area contributed by atoms with Crippen LogP contribution in [0.1, 0.15) is 5.56 Å². The third-order valence-corrected chi connectivity index (χ3v) is 4.05. The standard InChI is InChI=1S/C22H16O3/c23-22-20-11-5-4-10-18(20)19-13-12-17(15-21(19)25-22)24-14-6-9-16-7-2-1-3-8-16/h1-13,15H,14H2/b9-6+. The van der Waals surface area contributed by atoms with Gasteiger partial charge in [0.2, 0.25) is 0 Å². The Morgan fingerprint density at radius 3 is 2.44 bits per heavy atom. The van der Waals surface area contributed by atoms with Crippen LogP contribution in [-0.4, -0.2) is 6.61 Å². The molecule has 0 aliphatic rings. The molecule has 1 heterocycles. The normalized spacial score (nSPS) is 11.4. The quantitative estimate of drug-likeness (QED) is 0.389. The van der Waals surface area contributed by atoms with E-state index >= 15 is 0 Å². The summed E-state index contributed by atoms with van der Waals surface area (Å²) in [5.41, 5.74) is 1.33. The summed E-state index contributed by atoms with van der Waals surface area (Å²) in [6, 6.07) is 23.1. The molecule has 0 radical (unpaired) electrons. The summed E-state index contributed by atoms with van der Waals surface area (Å²) >= 11 is 0. The lowest BCUT2D eigenvalue weighted by Crippen LogP contribution is -2.00. The van der Waals surface area contributed by atoms with Crippen molar-refractivity contribution in [1.82, 2.24) is 0 Å². The van der Waals surface area contributed by atoms with Crippen molar-refractivity contribution in [3.8, 4) is 5.75 Å².